The third-order valence-corrected chi connectivity index (χ3v) is 7.15. The SMILES string of the molecule is COc1ccc2nccc(C(O)CCC3CCN(CCCc4ccnnc4)CC3CC(=O)O)c2c1. The number of hydrogen-bond donors (Lipinski definition) is 2. The molecule has 35 heavy (non-hydrogen) atoms. The van der Waals surface area contributed by atoms with Crippen molar-refractivity contribution in [3.05, 3.63) is 60.0 Å². The highest BCUT2D eigenvalue weighted by Gasteiger charge is 2.31. The smallest absolute Gasteiger partial charge is 0.303 e. The average molecular weight is 479 g/mol. The molecule has 2 aromatic heterocycles. The van der Waals surface area contributed by atoms with E-state index in [9.17, 15) is 15.0 Å². The highest BCUT2D eigenvalue weighted by atomic mass is 16.5. The summed E-state index contributed by atoms with van der Waals surface area (Å²) in [6.45, 7) is 2.69. The predicted molar refractivity (Wildman–Crippen MR) is 133 cm³/mol. The minimum atomic E-state index is -0.752. The molecule has 0 radical (unpaired) electrons. The van der Waals surface area contributed by atoms with Crippen LogP contribution in [0.15, 0.2) is 48.9 Å². The zero-order chi connectivity index (χ0) is 24.6. The number of piperidine rings is 1. The molecule has 3 unspecified atom stereocenters. The number of nitrogens with zero attached hydrogens (tertiary/aromatic N) is 4. The van der Waals surface area contributed by atoms with Crippen LogP contribution in [0.2, 0.25) is 0 Å². The molecule has 1 fully saturated rings. The van der Waals surface area contributed by atoms with Crippen molar-refractivity contribution in [1.82, 2.24) is 20.1 Å². The number of aliphatic hydroxyl groups is 1. The van der Waals surface area contributed by atoms with Gasteiger partial charge in [-0.2, -0.15) is 10.2 Å². The third-order valence-electron chi connectivity index (χ3n) is 7.15. The fourth-order valence-corrected chi connectivity index (χ4v) is 5.26. The normalized spacial score (nSPS) is 19.5. The highest BCUT2D eigenvalue weighted by molar-refractivity contribution is 5.83. The molecule has 0 saturated carbocycles. The molecule has 2 N–H and O–H groups in total. The van der Waals surface area contributed by atoms with E-state index in [2.05, 4.69) is 20.1 Å². The number of pyridine rings is 1. The lowest BCUT2D eigenvalue weighted by Crippen LogP contribution is -2.42. The van der Waals surface area contributed by atoms with Crippen molar-refractivity contribution in [2.24, 2.45) is 11.8 Å². The topological polar surface area (TPSA) is 109 Å². The number of methoxy groups -OCH3 is 1. The first-order valence-corrected chi connectivity index (χ1v) is 12.3. The Kier molecular flexibility index (Phi) is 8.60. The maximum absolute atomic E-state index is 11.6. The first-order valence-electron chi connectivity index (χ1n) is 12.3. The lowest BCUT2D eigenvalue weighted by molar-refractivity contribution is -0.139. The van der Waals surface area contributed by atoms with Gasteiger partial charge in [-0.05, 0) is 98.5 Å². The second-order valence-electron chi connectivity index (χ2n) is 9.44. The Hall–Kier alpha value is -3.10. The second-order valence-corrected chi connectivity index (χ2v) is 9.44. The van der Waals surface area contributed by atoms with Gasteiger partial charge in [0.05, 0.1) is 24.9 Å². The number of carbonyl (C=O) groups is 1. The number of rotatable bonds is 11. The van der Waals surface area contributed by atoms with Gasteiger partial charge in [-0.15, -0.1) is 0 Å². The van der Waals surface area contributed by atoms with Gasteiger partial charge >= 0.3 is 5.97 Å². The van der Waals surface area contributed by atoms with Crippen LogP contribution in [-0.2, 0) is 11.2 Å². The quantitative estimate of drug-likeness (QED) is 0.427. The summed E-state index contributed by atoms with van der Waals surface area (Å²) < 4.78 is 5.35. The minimum absolute atomic E-state index is 0.0883. The summed E-state index contributed by atoms with van der Waals surface area (Å²) in [6.07, 6.45) is 9.05. The Morgan fingerprint density at radius 3 is 2.86 bits per heavy atom. The molecule has 0 amide bonds. The predicted octanol–water partition coefficient (Wildman–Crippen LogP) is 3.89. The van der Waals surface area contributed by atoms with Crippen LogP contribution >= 0.6 is 0 Å². The zero-order valence-corrected chi connectivity index (χ0v) is 20.2. The van der Waals surface area contributed by atoms with Crippen molar-refractivity contribution in [3.8, 4) is 5.75 Å². The van der Waals surface area contributed by atoms with Gasteiger partial charge in [0.25, 0.3) is 0 Å². The number of benzene rings is 1. The zero-order valence-electron chi connectivity index (χ0n) is 20.2. The molecular formula is C27H34N4O4. The van der Waals surface area contributed by atoms with Crippen LogP contribution in [0.3, 0.4) is 0 Å². The summed E-state index contributed by atoms with van der Waals surface area (Å²) in [7, 11) is 1.62. The summed E-state index contributed by atoms with van der Waals surface area (Å²) in [6, 6.07) is 9.52. The fraction of sp³-hybridized carbons (Fsp3) is 0.481. The Labute approximate surface area is 206 Å². The van der Waals surface area contributed by atoms with E-state index in [0.29, 0.717) is 6.42 Å². The summed E-state index contributed by atoms with van der Waals surface area (Å²) in [5, 5.41) is 29.2. The number of aromatic nitrogens is 3. The van der Waals surface area contributed by atoms with Crippen LogP contribution in [0.4, 0.5) is 0 Å². The minimum Gasteiger partial charge on any atom is -0.497 e. The molecule has 8 nitrogen and oxygen atoms in total. The molecule has 1 saturated heterocycles. The van der Waals surface area contributed by atoms with Crippen molar-refractivity contribution < 1.29 is 19.7 Å². The van der Waals surface area contributed by atoms with Gasteiger partial charge in [-0.1, -0.05) is 0 Å². The van der Waals surface area contributed by atoms with Crippen LogP contribution in [-0.4, -0.2) is 63.0 Å². The molecule has 1 aromatic carbocycles. The Morgan fingerprint density at radius 2 is 2.09 bits per heavy atom. The lowest BCUT2D eigenvalue weighted by atomic mass is 9.79. The number of carboxylic acids is 1. The van der Waals surface area contributed by atoms with E-state index in [1.807, 2.05) is 30.3 Å². The lowest BCUT2D eigenvalue weighted by Gasteiger charge is -2.38. The maximum atomic E-state index is 11.6. The first kappa shape index (κ1) is 25.0. The standard InChI is InChI=1S/C27H34N4O4/c1-35-22-5-6-25-24(16-22)23(9-11-28-25)26(32)7-4-20-10-14-31(18-21(20)15-27(33)34)13-2-3-19-8-12-29-30-17-19/h5-6,8-9,11-12,16-17,20-21,26,32H,2-4,7,10,13-15,18H2,1H3,(H,33,34). The monoisotopic (exact) mass is 478 g/mol. The number of hydrogen-bond acceptors (Lipinski definition) is 7. The number of likely N-dealkylation sites (tertiary alicyclic amines) is 1. The van der Waals surface area contributed by atoms with E-state index >= 15 is 0 Å². The summed E-state index contributed by atoms with van der Waals surface area (Å²) >= 11 is 0. The number of aliphatic hydroxyl groups excluding tert-OH is 1. The van der Waals surface area contributed by atoms with Crippen molar-refractivity contribution >= 4 is 16.9 Å². The van der Waals surface area contributed by atoms with Crippen molar-refractivity contribution in [1.29, 1.82) is 0 Å². The van der Waals surface area contributed by atoms with Gasteiger partial charge < -0.3 is 19.8 Å². The number of carboxylic acid groups (broad SMARTS) is 1. The maximum Gasteiger partial charge on any atom is 0.303 e. The molecule has 0 aliphatic carbocycles. The van der Waals surface area contributed by atoms with Crippen LogP contribution in [0.25, 0.3) is 10.9 Å². The van der Waals surface area contributed by atoms with Gasteiger partial charge in [0.2, 0.25) is 0 Å². The second kappa shape index (κ2) is 12.0. The summed E-state index contributed by atoms with van der Waals surface area (Å²) in [5.41, 5.74) is 2.83. The van der Waals surface area contributed by atoms with Gasteiger partial charge in [0, 0.05) is 30.7 Å². The number of ether oxygens (including phenoxy) is 1. The molecule has 1 aliphatic rings. The van der Waals surface area contributed by atoms with Crippen LogP contribution in [0.1, 0.15) is 49.3 Å². The molecular weight excluding hydrogens is 444 g/mol. The molecule has 3 aromatic rings. The van der Waals surface area contributed by atoms with Crippen LogP contribution in [0.5, 0.6) is 5.75 Å². The molecule has 3 heterocycles. The van der Waals surface area contributed by atoms with E-state index in [1.165, 1.54) is 5.56 Å². The Balaban J connectivity index is 1.35. The summed E-state index contributed by atoms with van der Waals surface area (Å²) in [5.74, 6) is 0.347. The molecule has 4 rings (SSSR count). The summed E-state index contributed by atoms with van der Waals surface area (Å²) in [4.78, 5) is 18.4. The fourth-order valence-electron chi connectivity index (χ4n) is 5.26. The molecule has 1 aliphatic heterocycles. The van der Waals surface area contributed by atoms with E-state index in [4.69, 9.17) is 4.74 Å². The molecule has 8 heteroatoms. The van der Waals surface area contributed by atoms with Crippen LogP contribution < -0.4 is 4.74 Å². The number of aryl methyl sites for hydroxylation is 1. The molecule has 0 bridgehead atoms. The van der Waals surface area contributed by atoms with Gasteiger partial charge in [0.15, 0.2) is 0 Å². The Bertz CT molecular complexity index is 1110. The third kappa shape index (κ3) is 6.74. The van der Waals surface area contributed by atoms with Crippen molar-refractivity contribution in [3.63, 3.8) is 0 Å². The molecule has 0 spiro atoms. The van der Waals surface area contributed by atoms with Crippen molar-refractivity contribution in [2.45, 2.75) is 44.6 Å². The van der Waals surface area contributed by atoms with Gasteiger partial charge in [0.1, 0.15) is 5.75 Å². The highest BCUT2D eigenvalue weighted by Crippen LogP contribution is 2.34. The van der Waals surface area contributed by atoms with E-state index in [-0.39, 0.29) is 18.3 Å². The molecule has 3 atom stereocenters. The first-order chi connectivity index (χ1) is 17.0. The van der Waals surface area contributed by atoms with E-state index in [0.717, 1.165) is 67.5 Å². The van der Waals surface area contributed by atoms with Gasteiger partial charge in [-0.3, -0.25) is 9.78 Å². The number of aliphatic carboxylic acids is 1. The van der Waals surface area contributed by atoms with Crippen molar-refractivity contribution in [2.75, 3.05) is 26.7 Å². The Morgan fingerprint density at radius 1 is 1.20 bits per heavy atom. The van der Waals surface area contributed by atoms with E-state index < -0.39 is 12.1 Å². The number of fused-ring (bicyclic) bond motifs is 1. The molecule has 186 valence electrons. The van der Waals surface area contributed by atoms with Gasteiger partial charge in [-0.25, -0.2) is 0 Å². The largest absolute Gasteiger partial charge is 0.497 e. The van der Waals surface area contributed by atoms with Crippen LogP contribution in [0, 0.1) is 11.8 Å². The van der Waals surface area contributed by atoms with E-state index in [1.54, 1.807) is 25.7 Å². The average Bonchev–Trinajstić information content (AvgIpc) is 2.87.